The molecule has 0 bridgehead atoms. The Labute approximate surface area is 132 Å². The number of benzene rings is 1. The zero-order valence-corrected chi connectivity index (χ0v) is 13.4. The molecule has 5 heteroatoms. The zero-order valence-electron chi connectivity index (χ0n) is 12.6. The number of quaternary nitrogens is 1. The lowest BCUT2D eigenvalue weighted by atomic mass is 10.1. The first kappa shape index (κ1) is 17.4. The first-order valence-corrected chi connectivity index (χ1v) is 6.81. The summed E-state index contributed by atoms with van der Waals surface area (Å²) in [7, 11) is 5.45. The van der Waals surface area contributed by atoms with E-state index >= 15 is 0 Å². The van der Waals surface area contributed by atoms with Crippen molar-refractivity contribution in [1.29, 1.82) is 0 Å². The molecular formula is C16H21ClN2O2. The van der Waals surface area contributed by atoms with E-state index in [-0.39, 0.29) is 18.5 Å². The highest BCUT2D eigenvalue weighted by atomic mass is 35.5. The molecule has 2 rings (SSSR count). The number of hydrogen-bond donors (Lipinski definition) is 1. The van der Waals surface area contributed by atoms with Crippen LogP contribution < -0.4 is 22.0 Å². The van der Waals surface area contributed by atoms with Crippen molar-refractivity contribution in [2.75, 3.05) is 27.7 Å². The first-order chi connectivity index (χ1) is 9.54. The van der Waals surface area contributed by atoms with Gasteiger partial charge in [0.2, 0.25) is 0 Å². The molecule has 1 amide bonds. The van der Waals surface area contributed by atoms with Crippen LogP contribution in [0.3, 0.4) is 0 Å². The predicted octanol–water partition coefficient (Wildman–Crippen LogP) is -2.11. The number of nitrogens with one attached hydrogen (secondary N) is 1. The van der Waals surface area contributed by atoms with Gasteiger partial charge in [0, 0.05) is 20.5 Å². The van der Waals surface area contributed by atoms with Crippen molar-refractivity contribution >= 4 is 6.09 Å². The second-order valence-corrected chi connectivity index (χ2v) is 5.41. The normalized spacial score (nSPS) is 17.1. The van der Waals surface area contributed by atoms with Crippen LogP contribution in [0.25, 0.3) is 0 Å². The van der Waals surface area contributed by atoms with E-state index in [2.05, 4.69) is 19.0 Å². The van der Waals surface area contributed by atoms with Crippen molar-refractivity contribution in [3.63, 3.8) is 0 Å². The number of carbonyl (C=O) groups is 1. The third-order valence-electron chi connectivity index (χ3n) is 3.75. The van der Waals surface area contributed by atoms with E-state index < -0.39 is 0 Å². The lowest BCUT2D eigenvalue weighted by Crippen LogP contribution is -3.09. The molecule has 0 aliphatic heterocycles. The summed E-state index contributed by atoms with van der Waals surface area (Å²) < 4.78 is 5.50. The van der Waals surface area contributed by atoms with Gasteiger partial charge >= 0.3 is 6.09 Å². The first-order valence-electron chi connectivity index (χ1n) is 6.81. The number of ether oxygens (including phenoxy) is 1. The highest BCUT2D eigenvalue weighted by Gasteiger charge is 2.32. The minimum atomic E-state index is -0.348. The van der Waals surface area contributed by atoms with Gasteiger partial charge in [0.1, 0.15) is 18.3 Å². The van der Waals surface area contributed by atoms with Crippen LogP contribution in [0.5, 0.6) is 5.75 Å². The van der Waals surface area contributed by atoms with E-state index in [0.717, 1.165) is 18.4 Å². The summed E-state index contributed by atoms with van der Waals surface area (Å²) in [6.07, 6.45) is 7.11. The number of terminal acetylenes is 1. The minimum Gasteiger partial charge on any atom is -1.00 e. The molecule has 1 aliphatic rings. The molecule has 0 aromatic heterocycles. The van der Waals surface area contributed by atoms with Gasteiger partial charge in [-0.05, 0) is 24.0 Å². The number of carbonyl (C=O) groups excluding carboxylic acids is 1. The largest absolute Gasteiger partial charge is 1.00 e. The molecule has 0 saturated heterocycles. The van der Waals surface area contributed by atoms with Crippen LogP contribution in [0.4, 0.5) is 4.79 Å². The maximum absolute atomic E-state index is 11.8. The van der Waals surface area contributed by atoms with Crippen LogP contribution in [-0.2, 0) is 6.42 Å². The number of nitrogens with zero attached hydrogens (tertiary/aromatic N) is 1. The summed E-state index contributed by atoms with van der Waals surface area (Å²) in [6.45, 7) is 0.667. The monoisotopic (exact) mass is 308 g/mol. The molecule has 0 heterocycles. The van der Waals surface area contributed by atoms with Crippen molar-refractivity contribution < 1.29 is 26.8 Å². The summed E-state index contributed by atoms with van der Waals surface area (Å²) in [5, 5.41) is 0. The van der Waals surface area contributed by atoms with Gasteiger partial charge < -0.3 is 26.9 Å². The van der Waals surface area contributed by atoms with Crippen LogP contribution >= 0.6 is 0 Å². The van der Waals surface area contributed by atoms with Crippen LogP contribution in [-0.4, -0.2) is 38.7 Å². The van der Waals surface area contributed by atoms with Crippen molar-refractivity contribution in [2.45, 2.75) is 18.9 Å². The Kier molecular flexibility index (Phi) is 6.07. The van der Waals surface area contributed by atoms with Crippen molar-refractivity contribution in [1.82, 2.24) is 4.90 Å². The van der Waals surface area contributed by atoms with Crippen LogP contribution in [0.2, 0.25) is 0 Å². The van der Waals surface area contributed by atoms with Crippen LogP contribution in [0.15, 0.2) is 18.2 Å². The number of halogens is 1. The van der Waals surface area contributed by atoms with Crippen LogP contribution in [0.1, 0.15) is 23.6 Å². The Balaban J connectivity index is 0.00000220. The molecule has 0 saturated carbocycles. The zero-order chi connectivity index (χ0) is 14.7. The van der Waals surface area contributed by atoms with Gasteiger partial charge in [0.25, 0.3) is 0 Å². The van der Waals surface area contributed by atoms with E-state index in [1.165, 1.54) is 15.4 Å². The highest BCUT2D eigenvalue weighted by molar-refractivity contribution is 5.71. The number of fused-ring (bicyclic) bond motifs is 1. The van der Waals surface area contributed by atoms with Gasteiger partial charge in [-0.1, -0.05) is 12.1 Å². The highest BCUT2D eigenvalue weighted by Crippen LogP contribution is 2.36. The molecule has 4 nitrogen and oxygen atoms in total. The van der Waals surface area contributed by atoms with E-state index in [1.54, 1.807) is 14.1 Å². The maximum atomic E-state index is 11.8. The molecule has 2 atom stereocenters. The maximum Gasteiger partial charge on any atom is 0.414 e. The Morgan fingerprint density at radius 3 is 2.86 bits per heavy atom. The van der Waals surface area contributed by atoms with Gasteiger partial charge in [-0.3, -0.25) is 0 Å². The average Bonchev–Trinajstić information content (AvgIpc) is 2.83. The van der Waals surface area contributed by atoms with Gasteiger partial charge in [-0.25, -0.2) is 4.79 Å². The molecule has 1 aliphatic carbocycles. The van der Waals surface area contributed by atoms with Gasteiger partial charge in [0.15, 0.2) is 0 Å². The van der Waals surface area contributed by atoms with E-state index in [9.17, 15) is 4.79 Å². The number of aryl methyl sites for hydroxylation is 1. The summed E-state index contributed by atoms with van der Waals surface area (Å²) in [4.78, 5) is 14.5. The van der Waals surface area contributed by atoms with E-state index in [4.69, 9.17) is 11.2 Å². The standard InChI is InChI=1S/C16H20N2O2.ClH/c1-5-11-18(4)13-10-9-12-7-6-8-14(15(12)13)20-16(19)17(2)3;/h1,6-8,13H,9-11H2,2-4H3;1H. The molecule has 1 aromatic carbocycles. The van der Waals surface area contributed by atoms with Crippen molar-refractivity contribution in [3.05, 3.63) is 29.3 Å². The third kappa shape index (κ3) is 3.69. The van der Waals surface area contributed by atoms with E-state index in [0.29, 0.717) is 18.3 Å². The fourth-order valence-corrected chi connectivity index (χ4v) is 2.70. The molecule has 0 radical (unpaired) electrons. The number of rotatable bonds is 3. The number of amides is 1. The SMILES string of the molecule is C#CC[NH+](C)C1CCc2cccc(OC(=O)N(C)C)c21.[Cl-]. The lowest BCUT2D eigenvalue weighted by molar-refractivity contribution is -0.904. The lowest BCUT2D eigenvalue weighted by Gasteiger charge is -2.22. The van der Waals surface area contributed by atoms with Gasteiger partial charge in [-0.15, -0.1) is 6.42 Å². The number of hydrogen-bond acceptors (Lipinski definition) is 2. The molecule has 0 fully saturated rings. The molecule has 21 heavy (non-hydrogen) atoms. The smallest absolute Gasteiger partial charge is 0.414 e. The molecule has 2 unspecified atom stereocenters. The summed E-state index contributed by atoms with van der Waals surface area (Å²) >= 11 is 0. The van der Waals surface area contributed by atoms with Crippen molar-refractivity contribution in [3.8, 4) is 18.1 Å². The van der Waals surface area contributed by atoms with Gasteiger partial charge in [-0.2, -0.15) is 0 Å². The second kappa shape index (κ2) is 7.35. The minimum absolute atomic E-state index is 0. The summed E-state index contributed by atoms with van der Waals surface area (Å²) in [5.74, 6) is 3.37. The van der Waals surface area contributed by atoms with Crippen LogP contribution in [0, 0.1) is 12.3 Å². The fraction of sp³-hybridized carbons (Fsp3) is 0.438. The van der Waals surface area contributed by atoms with Gasteiger partial charge in [0.05, 0.1) is 12.6 Å². The quantitative estimate of drug-likeness (QED) is 0.648. The Morgan fingerprint density at radius 2 is 2.24 bits per heavy atom. The predicted molar refractivity (Wildman–Crippen MR) is 77.8 cm³/mol. The molecule has 1 N–H and O–H groups in total. The molecule has 114 valence electrons. The van der Waals surface area contributed by atoms with E-state index in [1.807, 2.05) is 12.1 Å². The Bertz CT molecular complexity index is 552. The third-order valence-corrected chi connectivity index (χ3v) is 3.75. The summed E-state index contributed by atoms with van der Waals surface area (Å²) in [5.41, 5.74) is 2.39. The molecule has 1 aromatic rings. The van der Waals surface area contributed by atoms with Crippen molar-refractivity contribution in [2.24, 2.45) is 0 Å². The summed E-state index contributed by atoms with van der Waals surface area (Å²) in [6, 6.07) is 6.20. The topological polar surface area (TPSA) is 34.0 Å². The molecular weight excluding hydrogens is 288 g/mol. The Morgan fingerprint density at radius 1 is 1.52 bits per heavy atom. The Hall–Kier alpha value is -1.70. The average molecular weight is 309 g/mol. The second-order valence-electron chi connectivity index (χ2n) is 5.41. The molecule has 0 spiro atoms. The fourth-order valence-electron chi connectivity index (χ4n) is 2.70.